The van der Waals surface area contributed by atoms with E-state index in [0.29, 0.717) is 36.1 Å². The molecule has 1 N–H and O–H groups in total. The highest BCUT2D eigenvalue weighted by molar-refractivity contribution is 9.10. The highest BCUT2D eigenvalue weighted by atomic mass is 79.9. The van der Waals surface area contributed by atoms with Crippen LogP contribution in [0.3, 0.4) is 0 Å². The number of carbonyl (C=O) groups is 1. The van der Waals surface area contributed by atoms with E-state index in [1.807, 2.05) is 18.2 Å². The van der Waals surface area contributed by atoms with Crippen LogP contribution in [-0.4, -0.2) is 17.0 Å². The number of nitro groups is 1. The summed E-state index contributed by atoms with van der Waals surface area (Å²) in [6.45, 7) is 0.250. The second kappa shape index (κ2) is 10.5. The number of fused-ring (bicyclic) bond motifs is 1. The molecular formula is C23H14BrCl2N3O4S. The van der Waals surface area contributed by atoms with Gasteiger partial charge in [-0.25, -0.2) is 5.43 Å². The lowest BCUT2D eigenvalue weighted by Crippen LogP contribution is -2.16. The summed E-state index contributed by atoms with van der Waals surface area (Å²) in [5, 5.41) is 16.5. The second-order valence-electron chi connectivity index (χ2n) is 6.98. The third-order valence-electron chi connectivity index (χ3n) is 4.66. The molecule has 0 radical (unpaired) electrons. The number of carbonyl (C=O) groups excluding carboxylic acids is 1. The Labute approximate surface area is 216 Å². The SMILES string of the molecule is O=C(N/N=C\c1cc(Cl)c(OCc2ccccc2Cl)c(Br)c1)c1cc2cc([N+](=O)[O-])ccc2s1. The normalized spacial score (nSPS) is 11.1. The van der Waals surface area contributed by atoms with Gasteiger partial charge in [-0.15, -0.1) is 11.3 Å². The summed E-state index contributed by atoms with van der Waals surface area (Å²) in [7, 11) is 0. The van der Waals surface area contributed by atoms with Crippen LogP contribution < -0.4 is 10.2 Å². The molecule has 0 fully saturated rings. The number of hydrogen-bond acceptors (Lipinski definition) is 6. The van der Waals surface area contributed by atoms with Crippen LogP contribution in [0.5, 0.6) is 5.75 Å². The van der Waals surface area contributed by atoms with Gasteiger partial charge in [-0.2, -0.15) is 5.10 Å². The minimum atomic E-state index is -0.475. The van der Waals surface area contributed by atoms with Gasteiger partial charge in [-0.1, -0.05) is 41.4 Å². The zero-order chi connectivity index (χ0) is 24.2. The van der Waals surface area contributed by atoms with Crippen LogP contribution in [0.25, 0.3) is 10.1 Å². The van der Waals surface area contributed by atoms with Crippen LogP contribution in [0.15, 0.2) is 70.2 Å². The number of thiophene rings is 1. The lowest BCUT2D eigenvalue weighted by Gasteiger charge is -2.12. The molecule has 11 heteroatoms. The van der Waals surface area contributed by atoms with E-state index in [0.717, 1.165) is 10.3 Å². The Hall–Kier alpha value is -2.98. The molecular weight excluding hydrogens is 565 g/mol. The van der Waals surface area contributed by atoms with E-state index in [4.69, 9.17) is 27.9 Å². The molecule has 3 aromatic carbocycles. The maximum atomic E-state index is 12.4. The van der Waals surface area contributed by atoms with E-state index in [9.17, 15) is 14.9 Å². The smallest absolute Gasteiger partial charge is 0.281 e. The van der Waals surface area contributed by atoms with Gasteiger partial charge in [-0.3, -0.25) is 14.9 Å². The van der Waals surface area contributed by atoms with Gasteiger partial charge in [0.05, 0.1) is 25.5 Å². The molecule has 34 heavy (non-hydrogen) atoms. The number of nitro benzene ring substituents is 1. The average Bonchev–Trinajstić information content (AvgIpc) is 3.23. The van der Waals surface area contributed by atoms with Crippen LogP contribution in [-0.2, 0) is 6.61 Å². The average molecular weight is 579 g/mol. The number of halogens is 3. The highest BCUT2D eigenvalue weighted by Crippen LogP contribution is 2.35. The summed E-state index contributed by atoms with van der Waals surface area (Å²) in [6.07, 6.45) is 1.45. The predicted octanol–water partition coefficient (Wildman–Crippen LogP) is 7.22. The zero-order valence-corrected chi connectivity index (χ0v) is 21.0. The van der Waals surface area contributed by atoms with E-state index in [1.165, 1.54) is 29.7 Å². The van der Waals surface area contributed by atoms with E-state index < -0.39 is 10.8 Å². The van der Waals surface area contributed by atoms with Crippen molar-refractivity contribution in [3.8, 4) is 5.75 Å². The molecule has 0 aliphatic rings. The van der Waals surface area contributed by atoms with Crippen LogP contribution in [0.2, 0.25) is 10.0 Å². The first-order chi connectivity index (χ1) is 16.3. The highest BCUT2D eigenvalue weighted by Gasteiger charge is 2.13. The Balaban J connectivity index is 1.42. The van der Waals surface area contributed by atoms with Crippen LogP contribution >= 0.6 is 50.5 Å². The number of hydrogen-bond donors (Lipinski definition) is 1. The number of hydrazone groups is 1. The van der Waals surface area contributed by atoms with Gasteiger partial charge in [0.2, 0.25) is 0 Å². The van der Waals surface area contributed by atoms with Crippen molar-refractivity contribution in [2.75, 3.05) is 0 Å². The molecule has 4 aromatic rings. The molecule has 7 nitrogen and oxygen atoms in total. The Kier molecular flexibility index (Phi) is 7.47. The Bertz CT molecular complexity index is 1420. The first-order valence-electron chi connectivity index (χ1n) is 9.68. The molecule has 1 aromatic heterocycles. The van der Waals surface area contributed by atoms with Crippen molar-refractivity contribution < 1.29 is 14.5 Å². The van der Waals surface area contributed by atoms with Gasteiger partial charge in [0.15, 0.2) is 5.75 Å². The summed E-state index contributed by atoms with van der Waals surface area (Å²) in [5.41, 5.74) is 3.89. The first kappa shape index (κ1) is 24.2. The summed E-state index contributed by atoms with van der Waals surface area (Å²) >= 11 is 17.2. The van der Waals surface area contributed by atoms with Crippen molar-refractivity contribution in [3.63, 3.8) is 0 Å². The molecule has 0 unspecified atom stereocenters. The molecule has 0 spiro atoms. The number of non-ortho nitro benzene ring substituents is 1. The van der Waals surface area contributed by atoms with Gasteiger partial charge in [0.25, 0.3) is 11.6 Å². The summed E-state index contributed by atoms with van der Waals surface area (Å²) < 4.78 is 7.21. The van der Waals surface area contributed by atoms with Crippen molar-refractivity contribution in [3.05, 3.63) is 101 Å². The van der Waals surface area contributed by atoms with Crippen molar-refractivity contribution in [1.82, 2.24) is 5.43 Å². The number of ether oxygens (including phenoxy) is 1. The molecule has 1 heterocycles. The largest absolute Gasteiger partial charge is 0.486 e. The van der Waals surface area contributed by atoms with E-state index in [1.54, 1.807) is 30.3 Å². The van der Waals surface area contributed by atoms with Crippen molar-refractivity contribution in [2.45, 2.75) is 6.61 Å². The Morgan fingerprint density at radius 3 is 2.68 bits per heavy atom. The quantitative estimate of drug-likeness (QED) is 0.142. The molecule has 0 atom stereocenters. The summed E-state index contributed by atoms with van der Waals surface area (Å²) in [4.78, 5) is 23.3. The number of benzene rings is 3. The summed E-state index contributed by atoms with van der Waals surface area (Å²) in [5.74, 6) is 0.0344. The van der Waals surface area contributed by atoms with Gasteiger partial charge in [0, 0.05) is 32.8 Å². The number of rotatable bonds is 7. The molecule has 1 amide bonds. The molecule has 0 saturated carbocycles. The van der Waals surface area contributed by atoms with E-state index >= 15 is 0 Å². The Morgan fingerprint density at radius 2 is 1.94 bits per heavy atom. The van der Waals surface area contributed by atoms with Crippen molar-refractivity contribution in [1.29, 1.82) is 0 Å². The molecule has 0 bridgehead atoms. The third-order valence-corrected chi connectivity index (χ3v) is 7.02. The second-order valence-corrected chi connectivity index (χ2v) is 9.74. The van der Waals surface area contributed by atoms with E-state index in [-0.39, 0.29) is 12.3 Å². The standard InChI is InChI=1S/C23H14BrCl2N3O4S/c24-17-7-13(8-19(26)22(17)33-12-14-3-1-2-4-18(14)25)11-27-28-23(30)21-10-15-9-16(29(31)32)5-6-20(15)34-21/h1-11H,12H2,(H,28,30)/b27-11-. The lowest BCUT2D eigenvalue weighted by molar-refractivity contribution is -0.384. The van der Waals surface area contributed by atoms with E-state index in [2.05, 4.69) is 26.5 Å². The fourth-order valence-corrected chi connectivity index (χ4v) is 5.15. The van der Waals surface area contributed by atoms with Crippen LogP contribution in [0, 0.1) is 10.1 Å². The zero-order valence-electron chi connectivity index (χ0n) is 17.1. The topological polar surface area (TPSA) is 93.8 Å². The molecule has 4 rings (SSSR count). The van der Waals surface area contributed by atoms with Crippen molar-refractivity contribution >= 4 is 78.4 Å². The third kappa shape index (κ3) is 5.56. The van der Waals surface area contributed by atoms with Crippen LogP contribution in [0.1, 0.15) is 20.8 Å². The number of amides is 1. The molecule has 0 saturated heterocycles. The van der Waals surface area contributed by atoms with Crippen molar-refractivity contribution in [2.24, 2.45) is 5.10 Å². The fourth-order valence-electron chi connectivity index (χ4n) is 3.03. The van der Waals surface area contributed by atoms with Gasteiger partial charge in [-0.05, 0) is 51.8 Å². The number of nitrogens with one attached hydrogen (secondary N) is 1. The fraction of sp³-hybridized carbons (Fsp3) is 0.0435. The van der Waals surface area contributed by atoms with Gasteiger partial charge < -0.3 is 4.74 Å². The maximum Gasteiger partial charge on any atom is 0.281 e. The molecule has 0 aliphatic carbocycles. The number of nitrogens with zero attached hydrogens (tertiary/aromatic N) is 2. The van der Waals surface area contributed by atoms with Crippen LogP contribution in [0.4, 0.5) is 5.69 Å². The van der Waals surface area contributed by atoms with Gasteiger partial charge in [0.1, 0.15) is 6.61 Å². The summed E-state index contributed by atoms with van der Waals surface area (Å²) in [6, 6.07) is 16.8. The first-order valence-corrected chi connectivity index (χ1v) is 12.0. The lowest BCUT2D eigenvalue weighted by atomic mass is 10.2. The Morgan fingerprint density at radius 1 is 1.15 bits per heavy atom. The van der Waals surface area contributed by atoms with Gasteiger partial charge >= 0.3 is 0 Å². The maximum absolute atomic E-state index is 12.4. The predicted molar refractivity (Wildman–Crippen MR) is 138 cm³/mol. The minimum Gasteiger partial charge on any atom is -0.486 e. The molecule has 0 aliphatic heterocycles. The monoisotopic (exact) mass is 577 g/mol. The molecule has 172 valence electrons. The minimum absolute atomic E-state index is 0.0305.